The number of carboxylic acid groups (broad SMARTS) is 1. The molecule has 4 heteroatoms. The van der Waals surface area contributed by atoms with Gasteiger partial charge >= 0.3 is 5.97 Å². The van der Waals surface area contributed by atoms with Crippen LogP contribution in [0.3, 0.4) is 0 Å². The molecule has 0 bridgehead atoms. The largest absolute Gasteiger partial charge is 0.480 e. The topological polar surface area (TPSA) is 66.6 Å². The summed E-state index contributed by atoms with van der Waals surface area (Å²) in [5, 5.41) is 8.98. The number of rotatable bonds is 5. The Kier molecular flexibility index (Phi) is 4.28. The average Bonchev–Trinajstić information content (AvgIpc) is 2.72. The van der Waals surface area contributed by atoms with Crippen molar-refractivity contribution in [3.8, 4) is 0 Å². The maximum absolute atomic E-state index is 10.9. The fourth-order valence-electron chi connectivity index (χ4n) is 3.54. The Labute approximate surface area is 110 Å². The number of fused-ring (bicyclic) bond motifs is 1. The van der Waals surface area contributed by atoms with Crippen LogP contribution in [0, 0.1) is 5.92 Å². The first-order valence-electron chi connectivity index (χ1n) is 7.27. The lowest BCUT2D eigenvalue weighted by Crippen LogP contribution is -2.45. The quantitative estimate of drug-likeness (QED) is 0.785. The predicted octanol–water partition coefficient (Wildman–Crippen LogP) is 1.83. The first kappa shape index (κ1) is 13.8. The van der Waals surface area contributed by atoms with Crippen molar-refractivity contribution in [1.29, 1.82) is 0 Å². The van der Waals surface area contributed by atoms with E-state index in [1.54, 1.807) is 6.92 Å². The molecule has 0 aromatic heterocycles. The van der Waals surface area contributed by atoms with Crippen LogP contribution in [0.4, 0.5) is 0 Å². The molecule has 0 spiro atoms. The summed E-state index contributed by atoms with van der Waals surface area (Å²) in [5.41, 5.74) is 4.69. The number of hydrogen-bond acceptors (Lipinski definition) is 3. The average molecular weight is 254 g/mol. The van der Waals surface area contributed by atoms with Gasteiger partial charge in [0.25, 0.3) is 0 Å². The Morgan fingerprint density at radius 3 is 2.83 bits per heavy atom. The van der Waals surface area contributed by atoms with Crippen molar-refractivity contribution in [2.45, 2.75) is 63.5 Å². The number of nitrogens with two attached hydrogens (primary N) is 1. The molecule has 2 aliphatic rings. The smallest absolute Gasteiger partial charge is 0.323 e. The van der Waals surface area contributed by atoms with Gasteiger partial charge in [-0.2, -0.15) is 0 Å². The lowest BCUT2D eigenvalue weighted by Gasteiger charge is -2.32. The van der Waals surface area contributed by atoms with Crippen LogP contribution in [0.1, 0.15) is 51.9 Å². The number of nitrogens with zero attached hydrogens (tertiary/aromatic N) is 1. The molecule has 1 aliphatic carbocycles. The summed E-state index contributed by atoms with van der Waals surface area (Å²) in [7, 11) is 0. The number of likely N-dealkylation sites (tertiary alicyclic amines) is 1. The Bertz CT molecular complexity index is 304. The molecule has 1 saturated carbocycles. The fourth-order valence-corrected chi connectivity index (χ4v) is 3.54. The molecule has 4 nitrogen and oxygen atoms in total. The van der Waals surface area contributed by atoms with E-state index in [2.05, 4.69) is 4.90 Å². The summed E-state index contributed by atoms with van der Waals surface area (Å²) in [4.78, 5) is 13.5. The van der Waals surface area contributed by atoms with E-state index < -0.39 is 11.5 Å². The second-order valence-corrected chi connectivity index (χ2v) is 6.26. The Morgan fingerprint density at radius 1 is 1.39 bits per heavy atom. The monoisotopic (exact) mass is 254 g/mol. The maximum Gasteiger partial charge on any atom is 0.323 e. The molecule has 1 saturated heterocycles. The lowest BCUT2D eigenvalue weighted by molar-refractivity contribution is -0.142. The van der Waals surface area contributed by atoms with Crippen molar-refractivity contribution in [2.24, 2.45) is 11.7 Å². The van der Waals surface area contributed by atoms with Crippen LogP contribution in [0.15, 0.2) is 0 Å². The van der Waals surface area contributed by atoms with E-state index >= 15 is 0 Å². The van der Waals surface area contributed by atoms with E-state index in [1.807, 2.05) is 0 Å². The van der Waals surface area contributed by atoms with Crippen LogP contribution >= 0.6 is 0 Å². The molecule has 18 heavy (non-hydrogen) atoms. The standard InChI is InChI=1S/C14H26N2O2/c1-14(15,13(17)18)8-4-9-16-10-7-11-5-2-3-6-12(11)16/h11-12H,2-10,15H2,1H3,(H,17,18). The Hall–Kier alpha value is -0.610. The first-order valence-corrected chi connectivity index (χ1v) is 7.27. The van der Waals surface area contributed by atoms with Crippen LogP contribution in [-0.4, -0.2) is 40.6 Å². The Balaban J connectivity index is 1.76. The van der Waals surface area contributed by atoms with E-state index in [-0.39, 0.29) is 0 Å². The van der Waals surface area contributed by atoms with E-state index in [4.69, 9.17) is 10.8 Å². The normalized spacial score (nSPS) is 31.9. The van der Waals surface area contributed by atoms with Crippen LogP contribution < -0.4 is 5.73 Å². The van der Waals surface area contributed by atoms with Crippen LogP contribution in [0.25, 0.3) is 0 Å². The molecule has 3 atom stereocenters. The molecule has 3 unspecified atom stereocenters. The second kappa shape index (κ2) is 5.57. The van der Waals surface area contributed by atoms with E-state index in [9.17, 15) is 4.79 Å². The van der Waals surface area contributed by atoms with Gasteiger partial charge in [0.1, 0.15) is 5.54 Å². The van der Waals surface area contributed by atoms with Gasteiger partial charge in [-0.25, -0.2) is 0 Å². The van der Waals surface area contributed by atoms with Crippen molar-refractivity contribution in [2.75, 3.05) is 13.1 Å². The summed E-state index contributed by atoms with van der Waals surface area (Å²) in [6, 6.07) is 0.771. The third-order valence-electron chi connectivity index (χ3n) is 4.76. The third kappa shape index (κ3) is 3.04. The highest BCUT2D eigenvalue weighted by molar-refractivity contribution is 5.77. The van der Waals surface area contributed by atoms with Gasteiger partial charge in [-0.3, -0.25) is 4.79 Å². The summed E-state index contributed by atoms with van der Waals surface area (Å²) < 4.78 is 0. The molecule has 0 aromatic rings. The molecule has 2 fully saturated rings. The van der Waals surface area contributed by atoms with Gasteiger partial charge in [0.05, 0.1) is 0 Å². The van der Waals surface area contributed by atoms with Crippen molar-refractivity contribution >= 4 is 5.97 Å². The van der Waals surface area contributed by atoms with Crippen molar-refractivity contribution < 1.29 is 9.90 Å². The highest BCUT2D eigenvalue weighted by atomic mass is 16.4. The summed E-state index contributed by atoms with van der Waals surface area (Å²) in [5.74, 6) is 0.0157. The van der Waals surface area contributed by atoms with Crippen molar-refractivity contribution in [1.82, 2.24) is 4.90 Å². The number of aliphatic carboxylic acids is 1. The fraction of sp³-hybridized carbons (Fsp3) is 0.929. The minimum atomic E-state index is -1.06. The van der Waals surface area contributed by atoms with Gasteiger partial charge in [0, 0.05) is 6.04 Å². The van der Waals surface area contributed by atoms with E-state index in [0.717, 1.165) is 24.9 Å². The summed E-state index contributed by atoms with van der Waals surface area (Å²) in [6.07, 6.45) is 8.28. The Morgan fingerprint density at radius 2 is 2.11 bits per heavy atom. The highest BCUT2D eigenvalue weighted by Crippen LogP contribution is 2.36. The van der Waals surface area contributed by atoms with Crippen LogP contribution in [0.5, 0.6) is 0 Å². The molecule has 3 N–H and O–H groups in total. The van der Waals surface area contributed by atoms with Gasteiger partial charge in [0.2, 0.25) is 0 Å². The SMILES string of the molecule is CC(N)(CCCN1CCC2CCCCC21)C(=O)O. The second-order valence-electron chi connectivity index (χ2n) is 6.26. The summed E-state index contributed by atoms with van der Waals surface area (Å²) >= 11 is 0. The molecule has 0 aromatic carbocycles. The third-order valence-corrected chi connectivity index (χ3v) is 4.76. The minimum absolute atomic E-state index is 0.566. The molecule has 0 amide bonds. The summed E-state index contributed by atoms with van der Waals surface area (Å²) in [6.45, 7) is 3.83. The highest BCUT2D eigenvalue weighted by Gasteiger charge is 2.35. The molecular weight excluding hydrogens is 228 g/mol. The maximum atomic E-state index is 10.9. The molecular formula is C14H26N2O2. The van der Waals surface area contributed by atoms with Crippen LogP contribution in [0.2, 0.25) is 0 Å². The van der Waals surface area contributed by atoms with Gasteiger partial charge in [-0.1, -0.05) is 12.8 Å². The first-order chi connectivity index (χ1) is 8.50. The molecule has 2 rings (SSSR count). The predicted molar refractivity (Wildman–Crippen MR) is 71.4 cm³/mol. The zero-order valence-electron chi connectivity index (χ0n) is 11.4. The van der Waals surface area contributed by atoms with Gasteiger partial charge < -0.3 is 15.7 Å². The lowest BCUT2D eigenvalue weighted by atomic mass is 9.85. The zero-order chi connectivity index (χ0) is 13.2. The number of carbonyl (C=O) groups is 1. The molecule has 104 valence electrons. The van der Waals surface area contributed by atoms with Gasteiger partial charge in [0.15, 0.2) is 0 Å². The minimum Gasteiger partial charge on any atom is -0.480 e. The number of hydrogen-bond donors (Lipinski definition) is 2. The van der Waals surface area contributed by atoms with Crippen LogP contribution in [-0.2, 0) is 4.79 Å². The molecule has 1 aliphatic heterocycles. The van der Waals surface area contributed by atoms with Crippen molar-refractivity contribution in [3.05, 3.63) is 0 Å². The van der Waals surface area contributed by atoms with E-state index in [0.29, 0.717) is 6.42 Å². The van der Waals surface area contributed by atoms with Gasteiger partial charge in [-0.05, 0) is 58.0 Å². The molecule has 1 heterocycles. The zero-order valence-corrected chi connectivity index (χ0v) is 11.4. The molecule has 0 radical (unpaired) electrons. The van der Waals surface area contributed by atoms with Crippen molar-refractivity contribution in [3.63, 3.8) is 0 Å². The van der Waals surface area contributed by atoms with E-state index in [1.165, 1.54) is 38.6 Å². The number of carboxylic acids is 1. The van der Waals surface area contributed by atoms with Gasteiger partial charge in [-0.15, -0.1) is 0 Å².